The zero-order chi connectivity index (χ0) is 13.8. The van der Waals surface area contributed by atoms with Crippen molar-refractivity contribution < 1.29 is 14.6 Å². The number of ether oxygens (including phenoxy) is 2. The number of aliphatic hydroxyl groups excluding tert-OH is 1. The number of rotatable bonds is 5. The number of methoxy groups -OCH3 is 2. The molecule has 1 rings (SSSR count). The Kier molecular flexibility index (Phi) is 5.03. The predicted octanol–water partition coefficient (Wildman–Crippen LogP) is 3.04. The zero-order valence-corrected chi connectivity index (χ0v) is 12.0. The van der Waals surface area contributed by atoms with Crippen LogP contribution in [0.15, 0.2) is 18.2 Å². The molecule has 0 aliphatic carbocycles. The van der Waals surface area contributed by atoms with Crippen molar-refractivity contribution in [2.45, 2.75) is 39.7 Å². The maximum Gasteiger partial charge on any atom is 0.122 e. The molecule has 1 atom stereocenters. The first-order valence-electron chi connectivity index (χ1n) is 6.27. The molecule has 0 saturated heterocycles. The van der Waals surface area contributed by atoms with Gasteiger partial charge in [0.05, 0.1) is 20.3 Å². The summed E-state index contributed by atoms with van der Waals surface area (Å²) in [4.78, 5) is 0. The molecule has 0 heterocycles. The average molecular weight is 252 g/mol. The summed E-state index contributed by atoms with van der Waals surface area (Å²) in [5.74, 6) is 1.66. The van der Waals surface area contributed by atoms with Gasteiger partial charge < -0.3 is 14.6 Å². The monoisotopic (exact) mass is 252 g/mol. The summed E-state index contributed by atoms with van der Waals surface area (Å²) < 4.78 is 10.5. The molecule has 0 radical (unpaired) electrons. The Morgan fingerprint density at radius 1 is 1.17 bits per heavy atom. The minimum atomic E-state index is -0.326. The Bertz CT molecular complexity index is 380. The second-order valence-electron chi connectivity index (χ2n) is 5.60. The lowest BCUT2D eigenvalue weighted by Crippen LogP contribution is -2.26. The van der Waals surface area contributed by atoms with Crippen LogP contribution in [0.4, 0.5) is 0 Å². The quantitative estimate of drug-likeness (QED) is 0.875. The lowest BCUT2D eigenvalue weighted by atomic mass is 9.85. The third-order valence-electron chi connectivity index (χ3n) is 3.17. The largest absolute Gasteiger partial charge is 0.497 e. The van der Waals surface area contributed by atoms with Crippen molar-refractivity contribution in [2.75, 3.05) is 14.2 Å². The second-order valence-corrected chi connectivity index (χ2v) is 5.60. The smallest absolute Gasteiger partial charge is 0.122 e. The fourth-order valence-electron chi connectivity index (χ4n) is 1.80. The molecule has 3 nitrogen and oxygen atoms in total. The molecule has 0 aliphatic rings. The van der Waals surface area contributed by atoms with Crippen molar-refractivity contribution in [3.8, 4) is 11.5 Å². The van der Waals surface area contributed by atoms with E-state index < -0.39 is 0 Å². The van der Waals surface area contributed by atoms with E-state index in [1.54, 1.807) is 14.2 Å². The molecule has 0 saturated carbocycles. The van der Waals surface area contributed by atoms with Gasteiger partial charge in [-0.3, -0.25) is 0 Å². The molecule has 102 valence electrons. The van der Waals surface area contributed by atoms with Crippen LogP contribution in [-0.2, 0) is 6.42 Å². The van der Waals surface area contributed by atoms with E-state index in [0.717, 1.165) is 23.5 Å². The van der Waals surface area contributed by atoms with Crippen molar-refractivity contribution >= 4 is 0 Å². The van der Waals surface area contributed by atoms with E-state index in [0.29, 0.717) is 6.42 Å². The van der Waals surface area contributed by atoms with Gasteiger partial charge in [-0.2, -0.15) is 0 Å². The van der Waals surface area contributed by atoms with Gasteiger partial charge in [-0.1, -0.05) is 20.8 Å². The highest BCUT2D eigenvalue weighted by Crippen LogP contribution is 2.28. The van der Waals surface area contributed by atoms with Crippen LogP contribution in [0.2, 0.25) is 0 Å². The summed E-state index contributed by atoms with van der Waals surface area (Å²) >= 11 is 0. The third-order valence-corrected chi connectivity index (χ3v) is 3.17. The van der Waals surface area contributed by atoms with Crippen LogP contribution in [0.3, 0.4) is 0 Å². The van der Waals surface area contributed by atoms with Crippen LogP contribution in [0.25, 0.3) is 0 Å². The van der Waals surface area contributed by atoms with Crippen LogP contribution in [-0.4, -0.2) is 25.4 Å². The van der Waals surface area contributed by atoms with E-state index >= 15 is 0 Å². The van der Waals surface area contributed by atoms with Crippen LogP contribution in [0.1, 0.15) is 32.8 Å². The maximum atomic E-state index is 10.1. The van der Waals surface area contributed by atoms with E-state index in [1.165, 1.54) is 0 Å². The van der Waals surface area contributed by atoms with Crippen molar-refractivity contribution in [1.29, 1.82) is 0 Å². The summed E-state index contributed by atoms with van der Waals surface area (Å²) in [6.07, 6.45) is 1.17. The molecule has 3 heteroatoms. The maximum absolute atomic E-state index is 10.1. The van der Waals surface area contributed by atoms with Gasteiger partial charge in [-0.25, -0.2) is 0 Å². The molecule has 0 aromatic heterocycles. The van der Waals surface area contributed by atoms with Crippen molar-refractivity contribution in [1.82, 2.24) is 0 Å². The molecule has 0 fully saturated rings. The standard InChI is InChI=1S/C15H24O3/c1-15(2,3)14(16)9-6-11-10-12(17-4)7-8-13(11)18-5/h7-8,10,14,16H,6,9H2,1-5H3. The average Bonchev–Trinajstić information content (AvgIpc) is 2.34. The topological polar surface area (TPSA) is 38.7 Å². The van der Waals surface area contributed by atoms with Crippen molar-refractivity contribution in [3.05, 3.63) is 23.8 Å². The number of aliphatic hydroxyl groups is 1. The van der Waals surface area contributed by atoms with Gasteiger partial charge in [0, 0.05) is 0 Å². The van der Waals surface area contributed by atoms with Gasteiger partial charge >= 0.3 is 0 Å². The summed E-state index contributed by atoms with van der Waals surface area (Å²) in [6, 6.07) is 5.74. The molecule has 0 bridgehead atoms. The lowest BCUT2D eigenvalue weighted by Gasteiger charge is -2.26. The summed E-state index contributed by atoms with van der Waals surface area (Å²) in [5.41, 5.74) is 0.978. The Labute approximate surface area is 110 Å². The number of benzene rings is 1. The Hall–Kier alpha value is -1.22. The summed E-state index contributed by atoms with van der Waals surface area (Å²) in [6.45, 7) is 6.13. The number of hydrogen-bond acceptors (Lipinski definition) is 3. The van der Waals surface area contributed by atoms with Crippen LogP contribution in [0.5, 0.6) is 11.5 Å². The van der Waals surface area contributed by atoms with Crippen LogP contribution in [0, 0.1) is 5.41 Å². The van der Waals surface area contributed by atoms with Gasteiger partial charge in [0.25, 0.3) is 0 Å². The molecule has 0 spiro atoms. The minimum absolute atomic E-state index is 0.0912. The highest BCUT2D eigenvalue weighted by molar-refractivity contribution is 5.40. The van der Waals surface area contributed by atoms with E-state index in [1.807, 2.05) is 39.0 Å². The van der Waals surface area contributed by atoms with E-state index in [2.05, 4.69) is 0 Å². The molecule has 1 aromatic rings. The first-order valence-corrected chi connectivity index (χ1v) is 6.27. The highest BCUT2D eigenvalue weighted by atomic mass is 16.5. The fraction of sp³-hybridized carbons (Fsp3) is 0.600. The van der Waals surface area contributed by atoms with Gasteiger partial charge in [0.15, 0.2) is 0 Å². The normalized spacial score (nSPS) is 13.2. The first-order chi connectivity index (χ1) is 8.38. The molecule has 18 heavy (non-hydrogen) atoms. The van der Waals surface area contributed by atoms with Gasteiger partial charge in [0.1, 0.15) is 11.5 Å². The first kappa shape index (κ1) is 14.8. The second kappa shape index (κ2) is 6.10. The molecule has 1 aromatic carbocycles. The van der Waals surface area contributed by atoms with Gasteiger partial charge in [-0.15, -0.1) is 0 Å². The molecular formula is C15H24O3. The zero-order valence-electron chi connectivity index (χ0n) is 12.0. The van der Waals surface area contributed by atoms with Gasteiger partial charge in [0.2, 0.25) is 0 Å². The Morgan fingerprint density at radius 3 is 2.33 bits per heavy atom. The van der Waals surface area contributed by atoms with E-state index in [4.69, 9.17) is 9.47 Å². The summed E-state index contributed by atoms with van der Waals surface area (Å²) in [7, 11) is 3.31. The predicted molar refractivity (Wildman–Crippen MR) is 73.3 cm³/mol. The SMILES string of the molecule is COc1ccc(OC)c(CCC(O)C(C)(C)C)c1. The molecule has 1 unspecified atom stereocenters. The Balaban J connectivity index is 2.77. The number of aryl methyl sites for hydroxylation is 1. The van der Waals surface area contributed by atoms with Crippen molar-refractivity contribution in [3.63, 3.8) is 0 Å². The molecule has 1 N–H and O–H groups in total. The third kappa shape index (κ3) is 3.91. The van der Waals surface area contributed by atoms with Gasteiger partial charge in [-0.05, 0) is 42.0 Å². The van der Waals surface area contributed by atoms with E-state index in [9.17, 15) is 5.11 Å². The molecule has 0 aliphatic heterocycles. The highest BCUT2D eigenvalue weighted by Gasteiger charge is 2.22. The summed E-state index contributed by atoms with van der Waals surface area (Å²) in [5, 5.41) is 10.1. The van der Waals surface area contributed by atoms with Crippen LogP contribution < -0.4 is 9.47 Å². The van der Waals surface area contributed by atoms with Crippen LogP contribution >= 0.6 is 0 Å². The van der Waals surface area contributed by atoms with E-state index in [-0.39, 0.29) is 11.5 Å². The fourth-order valence-corrected chi connectivity index (χ4v) is 1.80. The lowest BCUT2D eigenvalue weighted by molar-refractivity contribution is 0.0558. The van der Waals surface area contributed by atoms with Crippen molar-refractivity contribution in [2.24, 2.45) is 5.41 Å². The minimum Gasteiger partial charge on any atom is -0.497 e. The molecule has 0 amide bonds. The Morgan fingerprint density at radius 2 is 1.83 bits per heavy atom. The number of hydrogen-bond donors (Lipinski definition) is 1. The molecular weight excluding hydrogens is 228 g/mol.